The number of rotatable bonds is 3. The van der Waals surface area contributed by atoms with E-state index < -0.39 is 4.92 Å². The molecule has 15 heavy (non-hydrogen) atoms. The Bertz CT molecular complexity index is 328. The minimum Gasteiger partial charge on any atom is -0.360 e. The van der Waals surface area contributed by atoms with Crippen LogP contribution < -0.4 is 0 Å². The standard InChI is InChI=1S/C10H15N3O2/c1-3-12(4-2)10-7-5-6-9(8-11-10)13(14)15/h5-6,8H,3-4,7H2,1-2H3. The van der Waals surface area contributed by atoms with Crippen molar-refractivity contribution in [2.45, 2.75) is 20.3 Å². The lowest BCUT2D eigenvalue weighted by Gasteiger charge is -2.21. The molecule has 0 spiro atoms. The predicted octanol–water partition coefficient (Wildman–Crippen LogP) is 1.80. The van der Waals surface area contributed by atoms with Crippen molar-refractivity contribution in [1.82, 2.24) is 4.90 Å². The van der Waals surface area contributed by atoms with Gasteiger partial charge in [0.05, 0.1) is 4.92 Å². The summed E-state index contributed by atoms with van der Waals surface area (Å²) >= 11 is 0. The molecule has 1 aliphatic rings. The molecule has 0 amide bonds. The van der Waals surface area contributed by atoms with Gasteiger partial charge in [-0.1, -0.05) is 6.08 Å². The first-order valence-electron chi connectivity index (χ1n) is 5.01. The number of nitro groups is 1. The van der Waals surface area contributed by atoms with Gasteiger partial charge < -0.3 is 4.90 Å². The summed E-state index contributed by atoms with van der Waals surface area (Å²) in [4.78, 5) is 16.3. The second-order valence-corrected chi connectivity index (χ2v) is 3.14. The SMILES string of the molecule is CCN(CC)C1=NC=C([N+](=O)[O-])C=CC1. The van der Waals surface area contributed by atoms with Crippen LogP contribution in [0.5, 0.6) is 0 Å². The Morgan fingerprint density at radius 1 is 1.53 bits per heavy atom. The molecule has 0 aliphatic carbocycles. The van der Waals surface area contributed by atoms with Gasteiger partial charge in [-0.3, -0.25) is 10.1 Å². The Labute approximate surface area is 88.9 Å². The molecule has 1 heterocycles. The molecule has 5 nitrogen and oxygen atoms in total. The topological polar surface area (TPSA) is 58.7 Å². The maximum Gasteiger partial charge on any atom is 0.287 e. The highest BCUT2D eigenvalue weighted by Gasteiger charge is 2.11. The van der Waals surface area contributed by atoms with Crippen molar-refractivity contribution in [1.29, 1.82) is 0 Å². The maximum absolute atomic E-state index is 10.5. The van der Waals surface area contributed by atoms with Crippen molar-refractivity contribution in [2.24, 2.45) is 4.99 Å². The summed E-state index contributed by atoms with van der Waals surface area (Å²) in [7, 11) is 0. The second kappa shape index (κ2) is 5.29. The number of hydrogen-bond acceptors (Lipinski definition) is 4. The Morgan fingerprint density at radius 2 is 2.20 bits per heavy atom. The largest absolute Gasteiger partial charge is 0.360 e. The molecule has 0 bridgehead atoms. The van der Waals surface area contributed by atoms with E-state index >= 15 is 0 Å². The zero-order chi connectivity index (χ0) is 11.3. The molecule has 0 aromatic heterocycles. The summed E-state index contributed by atoms with van der Waals surface area (Å²) in [5.74, 6) is 0.883. The van der Waals surface area contributed by atoms with Crippen LogP contribution in [0.1, 0.15) is 20.3 Å². The highest BCUT2D eigenvalue weighted by atomic mass is 16.6. The molecule has 1 rings (SSSR count). The quantitative estimate of drug-likeness (QED) is 0.526. The van der Waals surface area contributed by atoms with Crippen LogP contribution in [0, 0.1) is 10.1 Å². The molecule has 5 heteroatoms. The number of aliphatic imine (C=N–C) groups is 1. The van der Waals surface area contributed by atoms with Crippen LogP contribution in [0.3, 0.4) is 0 Å². The molecule has 0 saturated heterocycles. The minimum absolute atomic E-state index is 0.0390. The summed E-state index contributed by atoms with van der Waals surface area (Å²) in [6.07, 6.45) is 5.24. The van der Waals surface area contributed by atoms with Crippen molar-refractivity contribution < 1.29 is 4.92 Å². The van der Waals surface area contributed by atoms with Crippen molar-refractivity contribution in [3.8, 4) is 0 Å². The van der Waals surface area contributed by atoms with E-state index in [1.807, 2.05) is 13.8 Å². The summed E-state index contributed by atoms with van der Waals surface area (Å²) in [6, 6.07) is 0. The molecule has 0 unspecified atom stereocenters. The molecule has 0 aromatic rings. The van der Waals surface area contributed by atoms with Crippen LogP contribution in [-0.4, -0.2) is 28.7 Å². The van der Waals surface area contributed by atoms with Gasteiger partial charge in [-0.25, -0.2) is 4.99 Å². The Kier molecular flexibility index (Phi) is 4.03. The van der Waals surface area contributed by atoms with Crippen LogP contribution in [0.4, 0.5) is 0 Å². The summed E-state index contributed by atoms with van der Waals surface area (Å²) in [6.45, 7) is 5.81. The van der Waals surface area contributed by atoms with Crippen LogP contribution in [0.25, 0.3) is 0 Å². The van der Waals surface area contributed by atoms with Gasteiger partial charge in [0.2, 0.25) is 0 Å². The van der Waals surface area contributed by atoms with E-state index in [2.05, 4.69) is 9.89 Å². The Balaban J connectivity index is 2.87. The van der Waals surface area contributed by atoms with Gasteiger partial charge in [-0.05, 0) is 13.8 Å². The maximum atomic E-state index is 10.5. The van der Waals surface area contributed by atoms with Gasteiger partial charge in [0.25, 0.3) is 5.70 Å². The first kappa shape index (κ1) is 11.4. The van der Waals surface area contributed by atoms with E-state index in [-0.39, 0.29) is 5.70 Å². The van der Waals surface area contributed by atoms with Gasteiger partial charge in [-0.2, -0.15) is 0 Å². The molecular formula is C10H15N3O2. The van der Waals surface area contributed by atoms with E-state index in [9.17, 15) is 10.1 Å². The monoisotopic (exact) mass is 209 g/mol. The first-order chi connectivity index (χ1) is 7.19. The fourth-order valence-corrected chi connectivity index (χ4v) is 1.43. The smallest absolute Gasteiger partial charge is 0.287 e. The van der Waals surface area contributed by atoms with E-state index in [1.165, 1.54) is 12.3 Å². The number of amidine groups is 1. The molecule has 0 atom stereocenters. The Morgan fingerprint density at radius 3 is 2.73 bits per heavy atom. The molecule has 1 aliphatic heterocycles. The predicted molar refractivity (Wildman–Crippen MR) is 59.2 cm³/mol. The lowest BCUT2D eigenvalue weighted by atomic mass is 10.3. The van der Waals surface area contributed by atoms with Gasteiger partial charge in [0.15, 0.2) is 0 Å². The molecule has 0 saturated carbocycles. The number of allylic oxidation sites excluding steroid dienone is 1. The number of hydrogen-bond donors (Lipinski definition) is 0. The average molecular weight is 209 g/mol. The second-order valence-electron chi connectivity index (χ2n) is 3.14. The molecule has 0 aromatic carbocycles. The molecule has 82 valence electrons. The Hall–Kier alpha value is -1.65. The molecular weight excluding hydrogens is 194 g/mol. The molecule has 0 radical (unpaired) electrons. The minimum atomic E-state index is -0.425. The highest BCUT2D eigenvalue weighted by Crippen LogP contribution is 2.08. The van der Waals surface area contributed by atoms with Gasteiger partial charge in [-0.15, -0.1) is 0 Å². The molecule has 0 fully saturated rings. The van der Waals surface area contributed by atoms with E-state index in [4.69, 9.17) is 0 Å². The lowest BCUT2D eigenvalue weighted by molar-refractivity contribution is -0.419. The first-order valence-corrected chi connectivity index (χ1v) is 5.01. The van der Waals surface area contributed by atoms with Crippen LogP contribution in [0.15, 0.2) is 29.0 Å². The average Bonchev–Trinajstić information content (AvgIpc) is 2.45. The normalized spacial score (nSPS) is 15.3. The lowest BCUT2D eigenvalue weighted by Crippen LogP contribution is -2.29. The zero-order valence-corrected chi connectivity index (χ0v) is 9.01. The van der Waals surface area contributed by atoms with Crippen LogP contribution in [0.2, 0.25) is 0 Å². The summed E-state index contributed by atoms with van der Waals surface area (Å²) in [5.41, 5.74) is 0.0390. The van der Waals surface area contributed by atoms with Crippen molar-refractivity contribution >= 4 is 5.84 Å². The van der Waals surface area contributed by atoms with E-state index in [0.717, 1.165) is 18.9 Å². The van der Waals surface area contributed by atoms with Gasteiger partial charge in [0, 0.05) is 25.6 Å². The fraction of sp³-hybridized carbons (Fsp3) is 0.500. The third-order valence-electron chi connectivity index (χ3n) is 2.27. The highest BCUT2D eigenvalue weighted by molar-refractivity contribution is 5.84. The van der Waals surface area contributed by atoms with Crippen molar-refractivity contribution in [3.05, 3.63) is 34.2 Å². The molecule has 0 N–H and O–H groups in total. The fourth-order valence-electron chi connectivity index (χ4n) is 1.43. The summed E-state index contributed by atoms with van der Waals surface area (Å²) in [5, 5.41) is 10.5. The zero-order valence-electron chi connectivity index (χ0n) is 9.01. The third-order valence-corrected chi connectivity index (χ3v) is 2.27. The van der Waals surface area contributed by atoms with Crippen LogP contribution in [-0.2, 0) is 0 Å². The van der Waals surface area contributed by atoms with Crippen molar-refractivity contribution in [3.63, 3.8) is 0 Å². The summed E-state index contributed by atoms with van der Waals surface area (Å²) < 4.78 is 0. The van der Waals surface area contributed by atoms with Crippen LogP contribution >= 0.6 is 0 Å². The van der Waals surface area contributed by atoms with Crippen molar-refractivity contribution in [2.75, 3.05) is 13.1 Å². The van der Waals surface area contributed by atoms with E-state index in [0.29, 0.717) is 6.42 Å². The third kappa shape index (κ3) is 2.90. The van der Waals surface area contributed by atoms with Gasteiger partial charge >= 0.3 is 0 Å². The number of nitrogens with zero attached hydrogens (tertiary/aromatic N) is 3. The van der Waals surface area contributed by atoms with E-state index in [1.54, 1.807) is 6.08 Å². The van der Waals surface area contributed by atoms with Gasteiger partial charge in [0.1, 0.15) is 12.0 Å².